The summed E-state index contributed by atoms with van der Waals surface area (Å²) in [6.07, 6.45) is 0.614. The highest BCUT2D eigenvalue weighted by molar-refractivity contribution is 5.89. The lowest BCUT2D eigenvalue weighted by molar-refractivity contribution is -0.171. The van der Waals surface area contributed by atoms with Gasteiger partial charge in [-0.2, -0.15) is 0 Å². The summed E-state index contributed by atoms with van der Waals surface area (Å²) in [5, 5.41) is 3.06. The SMILES string of the molecule is CCOC1CC(N)(C(=O)NC(C)c2ccc(C)cc2)C1(C)C.Cl. The minimum absolute atomic E-state index is 0. The Labute approximate surface area is 145 Å². The molecule has 1 amide bonds. The van der Waals surface area contributed by atoms with Gasteiger partial charge in [0.1, 0.15) is 5.54 Å². The van der Waals surface area contributed by atoms with Crippen LogP contribution in [0.2, 0.25) is 0 Å². The molecule has 1 aliphatic rings. The third-order valence-electron chi connectivity index (χ3n) is 5.16. The number of aryl methyl sites for hydroxylation is 1. The molecule has 0 radical (unpaired) electrons. The lowest BCUT2D eigenvalue weighted by atomic mass is 9.54. The Morgan fingerprint density at radius 1 is 1.39 bits per heavy atom. The van der Waals surface area contributed by atoms with Gasteiger partial charge < -0.3 is 15.8 Å². The fourth-order valence-electron chi connectivity index (χ4n) is 3.08. The number of rotatable bonds is 5. The third kappa shape index (κ3) is 3.54. The second kappa shape index (κ2) is 7.20. The summed E-state index contributed by atoms with van der Waals surface area (Å²) < 4.78 is 5.68. The van der Waals surface area contributed by atoms with Crippen molar-refractivity contribution < 1.29 is 9.53 Å². The lowest BCUT2D eigenvalue weighted by Crippen LogP contribution is -2.75. The van der Waals surface area contributed by atoms with Crippen molar-refractivity contribution in [1.82, 2.24) is 5.32 Å². The van der Waals surface area contributed by atoms with Crippen molar-refractivity contribution in [3.05, 3.63) is 35.4 Å². The van der Waals surface area contributed by atoms with Crippen molar-refractivity contribution in [3.8, 4) is 0 Å². The van der Waals surface area contributed by atoms with E-state index in [9.17, 15) is 4.79 Å². The predicted octanol–water partition coefficient (Wildman–Crippen LogP) is 3.13. The molecule has 0 saturated heterocycles. The van der Waals surface area contributed by atoms with Gasteiger partial charge in [0.05, 0.1) is 12.1 Å². The average Bonchev–Trinajstić information content (AvgIpc) is 2.47. The highest BCUT2D eigenvalue weighted by atomic mass is 35.5. The van der Waals surface area contributed by atoms with Gasteiger partial charge in [0, 0.05) is 18.4 Å². The largest absolute Gasteiger partial charge is 0.378 e. The van der Waals surface area contributed by atoms with Crippen molar-refractivity contribution in [3.63, 3.8) is 0 Å². The molecule has 1 aliphatic carbocycles. The number of amides is 1. The Kier molecular flexibility index (Phi) is 6.25. The summed E-state index contributed by atoms with van der Waals surface area (Å²) in [4.78, 5) is 12.7. The van der Waals surface area contributed by atoms with Gasteiger partial charge in [0.25, 0.3) is 0 Å². The van der Waals surface area contributed by atoms with Crippen molar-refractivity contribution >= 4 is 18.3 Å². The van der Waals surface area contributed by atoms with Crippen molar-refractivity contribution in [2.24, 2.45) is 11.1 Å². The van der Waals surface area contributed by atoms with Gasteiger partial charge >= 0.3 is 0 Å². The molecule has 0 aromatic heterocycles. The predicted molar refractivity (Wildman–Crippen MR) is 95.7 cm³/mol. The summed E-state index contributed by atoms with van der Waals surface area (Å²) in [5.74, 6) is -0.0958. The quantitative estimate of drug-likeness (QED) is 0.865. The fourth-order valence-corrected chi connectivity index (χ4v) is 3.08. The van der Waals surface area contributed by atoms with Crippen LogP contribution in [0.25, 0.3) is 0 Å². The van der Waals surface area contributed by atoms with E-state index in [1.807, 2.05) is 46.8 Å². The van der Waals surface area contributed by atoms with Gasteiger partial charge in [-0.1, -0.05) is 43.7 Å². The molecule has 0 heterocycles. The van der Waals surface area contributed by atoms with Crippen LogP contribution in [0.3, 0.4) is 0 Å². The molecule has 5 heteroatoms. The maximum Gasteiger partial charge on any atom is 0.241 e. The van der Waals surface area contributed by atoms with Crippen LogP contribution in [0.15, 0.2) is 24.3 Å². The number of carbonyl (C=O) groups is 1. The van der Waals surface area contributed by atoms with Gasteiger partial charge in [-0.3, -0.25) is 4.79 Å². The first-order valence-electron chi connectivity index (χ1n) is 8.00. The second-order valence-electron chi connectivity index (χ2n) is 6.95. The van der Waals surface area contributed by atoms with Crippen LogP contribution in [0.1, 0.15) is 51.3 Å². The topological polar surface area (TPSA) is 64.3 Å². The summed E-state index contributed by atoms with van der Waals surface area (Å²) in [7, 11) is 0. The second-order valence-corrected chi connectivity index (χ2v) is 6.95. The molecule has 3 unspecified atom stereocenters. The van der Waals surface area contributed by atoms with Crippen LogP contribution >= 0.6 is 12.4 Å². The van der Waals surface area contributed by atoms with Crippen LogP contribution in [0, 0.1) is 12.3 Å². The number of nitrogens with one attached hydrogen (secondary N) is 1. The van der Waals surface area contributed by atoms with Gasteiger partial charge in [-0.05, 0) is 26.3 Å². The van der Waals surface area contributed by atoms with Crippen LogP contribution in [-0.4, -0.2) is 24.2 Å². The zero-order valence-corrected chi connectivity index (χ0v) is 15.5. The molecular formula is C18H29ClN2O2. The molecule has 0 spiro atoms. The standard InChI is InChI=1S/C18H28N2O2.ClH/c1-6-22-15-11-18(19,17(15,4)5)16(21)20-13(3)14-9-7-12(2)8-10-14;/h7-10,13,15H,6,11,19H2,1-5H3,(H,20,21);1H. The number of halogens is 1. The van der Waals surface area contributed by atoms with Gasteiger partial charge in [-0.15, -0.1) is 12.4 Å². The molecule has 3 N–H and O–H groups in total. The van der Waals surface area contributed by atoms with E-state index in [1.165, 1.54) is 5.56 Å². The van der Waals surface area contributed by atoms with E-state index in [2.05, 4.69) is 17.4 Å². The maximum atomic E-state index is 12.7. The van der Waals surface area contributed by atoms with E-state index in [0.717, 1.165) is 5.56 Å². The summed E-state index contributed by atoms with van der Waals surface area (Å²) >= 11 is 0. The maximum absolute atomic E-state index is 12.7. The zero-order valence-electron chi connectivity index (χ0n) is 14.7. The third-order valence-corrected chi connectivity index (χ3v) is 5.16. The van der Waals surface area contributed by atoms with Gasteiger partial charge in [0.2, 0.25) is 5.91 Å². The minimum atomic E-state index is -0.869. The Morgan fingerprint density at radius 3 is 2.43 bits per heavy atom. The Hall–Kier alpha value is -1.10. The molecule has 2 rings (SSSR count). The normalized spacial score (nSPS) is 26.6. The first kappa shape index (κ1) is 19.9. The highest BCUT2D eigenvalue weighted by Gasteiger charge is 2.62. The molecule has 1 saturated carbocycles. The van der Waals surface area contributed by atoms with E-state index in [-0.39, 0.29) is 35.9 Å². The van der Waals surface area contributed by atoms with E-state index in [4.69, 9.17) is 10.5 Å². The van der Waals surface area contributed by atoms with Crippen LogP contribution < -0.4 is 11.1 Å². The number of hydrogen-bond donors (Lipinski definition) is 2. The van der Waals surface area contributed by atoms with Crippen molar-refractivity contribution in [1.29, 1.82) is 0 Å². The molecule has 130 valence electrons. The number of ether oxygens (including phenoxy) is 1. The van der Waals surface area contributed by atoms with E-state index in [1.54, 1.807) is 0 Å². The first-order valence-corrected chi connectivity index (χ1v) is 8.00. The zero-order chi connectivity index (χ0) is 16.5. The molecule has 0 bridgehead atoms. The van der Waals surface area contributed by atoms with Crippen LogP contribution in [0.4, 0.5) is 0 Å². The monoisotopic (exact) mass is 340 g/mol. The van der Waals surface area contributed by atoms with E-state index >= 15 is 0 Å². The first-order chi connectivity index (χ1) is 10.2. The van der Waals surface area contributed by atoms with Gasteiger partial charge in [-0.25, -0.2) is 0 Å². The number of benzene rings is 1. The lowest BCUT2D eigenvalue weighted by Gasteiger charge is -2.57. The van der Waals surface area contributed by atoms with Crippen LogP contribution in [0.5, 0.6) is 0 Å². The smallest absolute Gasteiger partial charge is 0.241 e. The number of nitrogens with two attached hydrogens (primary N) is 1. The van der Waals surface area contributed by atoms with E-state index < -0.39 is 5.54 Å². The molecule has 1 aromatic carbocycles. The molecule has 4 nitrogen and oxygen atoms in total. The van der Waals surface area contributed by atoms with Crippen molar-refractivity contribution in [2.75, 3.05) is 6.61 Å². The molecule has 3 atom stereocenters. The Morgan fingerprint density at radius 2 is 1.96 bits per heavy atom. The minimum Gasteiger partial charge on any atom is -0.378 e. The molecule has 0 aliphatic heterocycles. The molecule has 1 fully saturated rings. The Balaban J connectivity index is 0.00000264. The molecule has 23 heavy (non-hydrogen) atoms. The average molecular weight is 341 g/mol. The fraction of sp³-hybridized carbons (Fsp3) is 0.611. The summed E-state index contributed by atoms with van der Waals surface area (Å²) in [6, 6.07) is 8.12. The van der Waals surface area contributed by atoms with E-state index in [0.29, 0.717) is 13.0 Å². The Bertz CT molecular complexity index is 544. The number of carbonyl (C=O) groups excluding carboxylic acids is 1. The summed E-state index contributed by atoms with van der Waals surface area (Å²) in [6.45, 7) is 10.7. The molecular weight excluding hydrogens is 312 g/mol. The van der Waals surface area contributed by atoms with Crippen molar-refractivity contribution in [2.45, 2.75) is 58.7 Å². The summed E-state index contributed by atoms with van der Waals surface area (Å²) in [5.41, 5.74) is 7.46. The highest BCUT2D eigenvalue weighted by Crippen LogP contribution is 2.50. The van der Waals surface area contributed by atoms with Gasteiger partial charge in [0.15, 0.2) is 0 Å². The van der Waals surface area contributed by atoms with Crippen LogP contribution in [-0.2, 0) is 9.53 Å². The molecule has 1 aromatic rings. The number of hydrogen-bond acceptors (Lipinski definition) is 3.